The van der Waals surface area contributed by atoms with Crippen LogP contribution in [0, 0.1) is 5.82 Å². The van der Waals surface area contributed by atoms with Gasteiger partial charge in [0, 0.05) is 43.0 Å². The number of nitrogen functional groups attached to an aromatic ring is 1. The first-order valence-electron chi connectivity index (χ1n) is 11.2. The molecule has 9 heteroatoms. The van der Waals surface area contributed by atoms with Crippen LogP contribution < -0.4 is 15.2 Å². The Labute approximate surface area is 201 Å². The van der Waals surface area contributed by atoms with Crippen molar-refractivity contribution < 1.29 is 13.9 Å². The third-order valence-corrected chi connectivity index (χ3v) is 5.65. The van der Waals surface area contributed by atoms with Crippen LogP contribution >= 0.6 is 0 Å². The molecule has 0 saturated carbocycles. The first-order chi connectivity index (χ1) is 16.9. The van der Waals surface area contributed by atoms with Crippen molar-refractivity contribution in [2.75, 3.05) is 5.73 Å². The number of aromatic nitrogens is 5. The van der Waals surface area contributed by atoms with Crippen molar-refractivity contribution in [3.05, 3.63) is 78.6 Å². The molecule has 0 unspecified atom stereocenters. The summed E-state index contributed by atoms with van der Waals surface area (Å²) >= 11 is 0. The molecule has 2 aromatic carbocycles. The van der Waals surface area contributed by atoms with Gasteiger partial charge in [-0.05, 0) is 50.2 Å². The molecule has 0 aliphatic carbocycles. The largest absolute Gasteiger partial charge is 0.487 e. The molecule has 0 amide bonds. The third kappa shape index (κ3) is 4.52. The molecule has 35 heavy (non-hydrogen) atoms. The minimum absolute atomic E-state index is 0.106. The van der Waals surface area contributed by atoms with E-state index in [9.17, 15) is 4.39 Å². The van der Waals surface area contributed by atoms with Crippen molar-refractivity contribution in [1.82, 2.24) is 24.3 Å². The van der Waals surface area contributed by atoms with E-state index in [0.717, 1.165) is 11.3 Å². The maximum atomic E-state index is 14.2. The van der Waals surface area contributed by atoms with Gasteiger partial charge < -0.3 is 19.8 Å². The molecule has 0 fully saturated rings. The van der Waals surface area contributed by atoms with Gasteiger partial charge in [0.05, 0.1) is 11.1 Å². The number of benzene rings is 2. The SMILES string of the molecule is CC(C)n1nc(-c2ccc(Oc3cc(F)cc(OCc4cccn4C)c3)cc2)c2c(N)ncnc21. The van der Waals surface area contributed by atoms with E-state index in [1.165, 1.54) is 18.5 Å². The molecule has 0 aliphatic heterocycles. The smallest absolute Gasteiger partial charge is 0.164 e. The van der Waals surface area contributed by atoms with Crippen LogP contribution in [0.15, 0.2) is 67.1 Å². The number of hydrogen-bond acceptors (Lipinski definition) is 6. The van der Waals surface area contributed by atoms with Crippen molar-refractivity contribution in [1.29, 1.82) is 0 Å². The number of nitrogens with zero attached hydrogens (tertiary/aromatic N) is 5. The fourth-order valence-corrected chi connectivity index (χ4v) is 3.86. The number of fused-ring (bicyclic) bond motifs is 1. The molecular formula is C26H25FN6O2. The van der Waals surface area contributed by atoms with Gasteiger partial charge in [0.1, 0.15) is 47.5 Å². The normalized spacial score (nSPS) is 11.3. The molecule has 8 nitrogen and oxygen atoms in total. The molecule has 2 N–H and O–H groups in total. The number of halogens is 1. The molecule has 0 spiro atoms. The Morgan fingerprint density at radius 2 is 1.77 bits per heavy atom. The minimum Gasteiger partial charge on any atom is -0.487 e. The highest BCUT2D eigenvalue weighted by molar-refractivity contribution is 5.98. The van der Waals surface area contributed by atoms with E-state index in [-0.39, 0.29) is 6.04 Å². The Hall–Kier alpha value is -4.40. The lowest BCUT2D eigenvalue weighted by Crippen LogP contribution is -2.04. The highest BCUT2D eigenvalue weighted by Gasteiger charge is 2.18. The van der Waals surface area contributed by atoms with Crippen LogP contribution in [0.3, 0.4) is 0 Å². The van der Waals surface area contributed by atoms with Crippen LogP contribution in [0.5, 0.6) is 17.2 Å². The molecule has 3 heterocycles. The van der Waals surface area contributed by atoms with Crippen molar-refractivity contribution >= 4 is 16.9 Å². The van der Waals surface area contributed by atoms with Crippen LogP contribution in [-0.2, 0) is 13.7 Å². The van der Waals surface area contributed by atoms with Gasteiger partial charge in [-0.2, -0.15) is 5.10 Å². The van der Waals surface area contributed by atoms with Gasteiger partial charge in [-0.1, -0.05) is 0 Å². The molecule has 5 rings (SSSR count). The summed E-state index contributed by atoms with van der Waals surface area (Å²) < 4.78 is 29.7. The Morgan fingerprint density at radius 1 is 1.00 bits per heavy atom. The number of hydrogen-bond donors (Lipinski definition) is 1. The van der Waals surface area contributed by atoms with E-state index < -0.39 is 5.82 Å². The number of rotatable bonds is 7. The molecule has 0 saturated heterocycles. The van der Waals surface area contributed by atoms with Gasteiger partial charge in [-0.15, -0.1) is 0 Å². The van der Waals surface area contributed by atoms with Crippen LogP contribution in [0.25, 0.3) is 22.3 Å². The quantitative estimate of drug-likeness (QED) is 0.336. The van der Waals surface area contributed by atoms with Gasteiger partial charge in [-0.25, -0.2) is 19.0 Å². The summed E-state index contributed by atoms with van der Waals surface area (Å²) in [5, 5.41) is 5.44. The lowest BCUT2D eigenvalue weighted by atomic mass is 10.1. The minimum atomic E-state index is -0.442. The first-order valence-corrected chi connectivity index (χ1v) is 11.2. The maximum absolute atomic E-state index is 14.2. The molecule has 0 radical (unpaired) electrons. The molecule has 0 atom stereocenters. The Bertz CT molecular complexity index is 1490. The molecule has 0 aliphatic rings. The maximum Gasteiger partial charge on any atom is 0.164 e. The predicted octanol–water partition coefficient (Wildman–Crippen LogP) is 5.51. The number of anilines is 1. The van der Waals surface area contributed by atoms with Gasteiger partial charge in [0.2, 0.25) is 0 Å². The van der Waals surface area contributed by atoms with Crippen molar-refractivity contribution in [3.8, 4) is 28.5 Å². The molecule has 3 aromatic heterocycles. The summed E-state index contributed by atoms with van der Waals surface area (Å²) in [5.74, 6) is 1.21. The van der Waals surface area contributed by atoms with Crippen LogP contribution in [0.2, 0.25) is 0 Å². The summed E-state index contributed by atoms with van der Waals surface area (Å²) in [6.07, 6.45) is 3.37. The second-order valence-electron chi connectivity index (χ2n) is 8.49. The van der Waals surface area contributed by atoms with Crippen LogP contribution in [0.4, 0.5) is 10.2 Å². The monoisotopic (exact) mass is 472 g/mol. The average molecular weight is 473 g/mol. The zero-order chi connectivity index (χ0) is 24.5. The van der Waals surface area contributed by atoms with Crippen molar-refractivity contribution in [2.45, 2.75) is 26.5 Å². The Morgan fingerprint density at radius 3 is 2.49 bits per heavy atom. The van der Waals surface area contributed by atoms with E-state index in [1.54, 1.807) is 18.2 Å². The number of ether oxygens (including phenoxy) is 2. The summed E-state index contributed by atoms with van der Waals surface area (Å²) in [4.78, 5) is 8.50. The van der Waals surface area contributed by atoms with E-state index in [0.29, 0.717) is 46.4 Å². The lowest BCUT2D eigenvalue weighted by molar-refractivity contribution is 0.294. The zero-order valence-corrected chi connectivity index (χ0v) is 19.6. The van der Waals surface area contributed by atoms with Gasteiger partial charge in [0.25, 0.3) is 0 Å². The van der Waals surface area contributed by atoms with E-state index in [1.807, 2.05) is 60.6 Å². The summed E-state index contributed by atoms with van der Waals surface area (Å²) in [6, 6.07) is 15.6. The Balaban J connectivity index is 1.38. The Kier molecular flexibility index (Phi) is 5.82. The fraction of sp³-hybridized carbons (Fsp3) is 0.192. The summed E-state index contributed by atoms with van der Waals surface area (Å²) in [7, 11) is 1.93. The topological polar surface area (TPSA) is 93.0 Å². The van der Waals surface area contributed by atoms with Crippen molar-refractivity contribution in [2.24, 2.45) is 7.05 Å². The zero-order valence-electron chi connectivity index (χ0n) is 19.6. The molecule has 178 valence electrons. The van der Waals surface area contributed by atoms with Gasteiger partial charge >= 0.3 is 0 Å². The van der Waals surface area contributed by atoms with Gasteiger partial charge in [0.15, 0.2) is 5.65 Å². The molecule has 0 bridgehead atoms. The average Bonchev–Trinajstić information content (AvgIpc) is 3.42. The number of nitrogens with two attached hydrogens (primary N) is 1. The third-order valence-electron chi connectivity index (χ3n) is 5.65. The van der Waals surface area contributed by atoms with E-state index >= 15 is 0 Å². The first kappa shape index (κ1) is 22.4. The summed E-state index contributed by atoms with van der Waals surface area (Å²) in [6.45, 7) is 4.38. The second kappa shape index (κ2) is 9.09. The second-order valence-corrected chi connectivity index (χ2v) is 8.49. The van der Waals surface area contributed by atoms with Crippen LogP contribution in [-0.4, -0.2) is 24.3 Å². The summed E-state index contributed by atoms with van der Waals surface area (Å²) in [5.41, 5.74) is 9.35. The number of aryl methyl sites for hydroxylation is 1. The van der Waals surface area contributed by atoms with Crippen LogP contribution in [0.1, 0.15) is 25.6 Å². The highest BCUT2D eigenvalue weighted by atomic mass is 19.1. The van der Waals surface area contributed by atoms with E-state index in [4.69, 9.17) is 20.3 Å². The van der Waals surface area contributed by atoms with Gasteiger partial charge in [-0.3, -0.25) is 0 Å². The fourth-order valence-electron chi connectivity index (χ4n) is 3.86. The lowest BCUT2D eigenvalue weighted by Gasteiger charge is -2.11. The highest BCUT2D eigenvalue weighted by Crippen LogP contribution is 2.33. The molecular weight excluding hydrogens is 447 g/mol. The van der Waals surface area contributed by atoms with E-state index in [2.05, 4.69) is 9.97 Å². The predicted molar refractivity (Wildman–Crippen MR) is 132 cm³/mol. The van der Waals surface area contributed by atoms with Crippen molar-refractivity contribution in [3.63, 3.8) is 0 Å². The standard InChI is InChI=1S/C26H25FN6O2/c1-16(2)33-26-23(25(28)29-15-30-26)24(31-33)17-6-8-20(9-7-17)35-22-12-18(27)11-21(13-22)34-14-19-5-4-10-32(19)3/h4-13,15-16H,14H2,1-3H3,(H2,28,29,30). The molecule has 5 aromatic rings.